The fourth-order valence-electron chi connectivity index (χ4n) is 2.60. The summed E-state index contributed by atoms with van der Waals surface area (Å²) in [6.07, 6.45) is 0.434. The number of benzene rings is 3. The van der Waals surface area contributed by atoms with Crippen molar-refractivity contribution in [3.8, 4) is 5.75 Å². The van der Waals surface area contributed by atoms with Crippen LogP contribution in [-0.2, 0) is 17.8 Å². The first-order valence-electron chi connectivity index (χ1n) is 7.40. The molecule has 0 saturated carbocycles. The van der Waals surface area contributed by atoms with Gasteiger partial charge in [-0.3, -0.25) is 4.79 Å². The zero-order chi connectivity index (χ0) is 15.4. The molecule has 0 amide bonds. The van der Waals surface area contributed by atoms with Gasteiger partial charge >= 0.3 is 0 Å². The summed E-state index contributed by atoms with van der Waals surface area (Å²) in [6, 6.07) is 22.2. The van der Waals surface area contributed by atoms with Crippen molar-refractivity contribution in [2.24, 2.45) is 0 Å². The van der Waals surface area contributed by atoms with E-state index in [4.69, 9.17) is 4.74 Å². The van der Waals surface area contributed by atoms with E-state index in [1.165, 1.54) is 0 Å². The minimum atomic E-state index is 0.158. The third kappa shape index (κ3) is 3.34. The van der Waals surface area contributed by atoms with Gasteiger partial charge < -0.3 is 4.74 Å². The van der Waals surface area contributed by atoms with E-state index in [1.807, 2.05) is 60.7 Å². The lowest BCUT2D eigenvalue weighted by molar-refractivity contribution is -0.116. The third-order valence-electron chi connectivity index (χ3n) is 3.61. The Kier molecular flexibility index (Phi) is 4.19. The third-order valence-corrected chi connectivity index (χ3v) is 3.61. The normalized spacial score (nSPS) is 10.6. The number of fused-ring (bicyclic) bond motifs is 1. The first-order valence-corrected chi connectivity index (χ1v) is 7.40. The Morgan fingerprint density at radius 1 is 0.955 bits per heavy atom. The van der Waals surface area contributed by atoms with Gasteiger partial charge in [-0.05, 0) is 41.0 Å². The van der Waals surface area contributed by atoms with E-state index >= 15 is 0 Å². The molecular weight excluding hydrogens is 272 g/mol. The molecule has 0 N–H and O–H groups in total. The van der Waals surface area contributed by atoms with Crippen molar-refractivity contribution in [3.05, 3.63) is 77.9 Å². The summed E-state index contributed by atoms with van der Waals surface area (Å²) in [5.41, 5.74) is 2.15. The SMILES string of the molecule is CC(=O)Cc1cc(OCc2ccccc2)cc2ccccc12. The van der Waals surface area contributed by atoms with Gasteiger partial charge in [0, 0.05) is 6.42 Å². The Bertz CT molecular complexity index is 791. The number of Topliss-reactive ketones (excluding diaryl/α,β-unsaturated/α-hetero) is 1. The van der Waals surface area contributed by atoms with Crippen molar-refractivity contribution < 1.29 is 9.53 Å². The van der Waals surface area contributed by atoms with E-state index in [9.17, 15) is 4.79 Å². The lowest BCUT2D eigenvalue weighted by Crippen LogP contribution is -2.00. The zero-order valence-electron chi connectivity index (χ0n) is 12.6. The highest BCUT2D eigenvalue weighted by atomic mass is 16.5. The van der Waals surface area contributed by atoms with Crippen molar-refractivity contribution in [2.45, 2.75) is 20.0 Å². The Hall–Kier alpha value is -2.61. The number of carbonyl (C=O) groups is 1. The minimum Gasteiger partial charge on any atom is -0.489 e. The maximum Gasteiger partial charge on any atom is 0.134 e. The number of ether oxygens (including phenoxy) is 1. The molecule has 0 radical (unpaired) electrons. The van der Waals surface area contributed by atoms with Gasteiger partial charge in [0.05, 0.1) is 0 Å². The van der Waals surface area contributed by atoms with E-state index in [2.05, 4.69) is 6.07 Å². The van der Waals surface area contributed by atoms with Crippen LogP contribution in [0.1, 0.15) is 18.1 Å². The van der Waals surface area contributed by atoms with Crippen LogP contribution in [0.5, 0.6) is 5.75 Å². The molecule has 0 atom stereocenters. The van der Waals surface area contributed by atoms with Crippen molar-refractivity contribution >= 4 is 16.6 Å². The smallest absolute Gasteiger partial charge is 0.134 e. The highest BCUT2D eigenvalue weighted by Gasteiger charge is 2.07. The molecule has 0 fully saturated rings. The fraction of sp³-hybridized carbons (Fsp3) is 0.150. The first kappa shape index (κ1) is 14.3. The molecule has 0 bridgehead atoms. The van der Waals surface area contributed by atoms with Crippen LogP contribution >= 0.6 is 0 Å². The van der Waals surface area contributed by atoms with E-state index in [-0.39, 0.29) is 5.78 Å². The molecule has 3 aromatic carbocycles. The molecule has 0 aliphatic heterocycles. The summed E-state index contributed by atoms with van der Waals surface area (Å²) < 4.78 is 5.91. The van der Waals surface area contributed by atoms with Crippen molar-refractivity contribution in [2.75, 3.05) is 0 Å². The maximum atomic E-state index is 11.5. The van der Waals surface area contributed by atoms with Crippen LogP contribution in [0.15, 0.2) is 66.7 Å². The Labute approximate surface area is 130 Å². The molecule has 0 heterocycles. The van der Waals surface area contributed by atoms with Gasteiger partial charge in [-0.2, -0.15) is 0 Å². The average molecular weight is 290 g/mol. The van der Waals surface area contributed by atoms with E-state index in [0.29, 0.717) is 13.0 Å². The molecule has 0 spiro atoms. The average Bonchev–Trinajstić information content (AvgIpc) is 2.53. The highest BCUT2D eigenvalue weighted by molar-refractivity contribution is 5.91. The molecule has 0 aromatic heterocycles. The molecule has 0 aliphatic carbocycles. The number of carbonyl (C=O) groups excluding carboxylic acids is 1. The molecule has 3 aromatic rings. The predicted octanol–water partition coefficient (Wildman–Crippen LogP) is 4.55. The number of rotatable bonds is 5. The maximum absolute atomic E-state index is 11.5. The van der Waals surface area contributed by atoms with E-state index in [1.54, 1.807) is 6.92 Å². The number of hydrogen-bond acceptors (Lipinski definition) is 2. The number of hydrogen-bond donors (Lipinski definition) is 0. The second-order valence-corrected chi connectivity index (χ2v) is 5.46. The molecule has 0 unspecified atom stereocenters. The Morgan fingerprint density at radius 2 is 1.68 bits per heavy atom. The van der Waals surface area contributed by atoms with Crippen LogP contribution < -0.4 is 4.74 Å². The zero-order valence-corrected chi connectivity index (χ0v) is 12.6. The van der Waals surface area contributed by atoms with Crippen LogP contribution in [-0.4, -0.2) is 5.78 Å². The largest absolute Gasteiger partial charge is 0.489 e. The van der Waals surface area contributed by atoms with Crippen molar-refractivity contribution in [3.63, 3.8) is 0 Å². The van der Waals surface area contributed by atoms with Crippen LogP contribution in [0.3, 0.4) is 0 Å². The van der Waals surface area contributed by atoms with Crippen molar-refractivity contribution in [1.82, 2.24) is 0 Å². The Morgan fingerprint density at radius 3 is 2.45 bits per heavy atom. The van der Waals surface area contributed by atoms with Gasteiger partial charge in [-0.15, -0.1) is 0 Å². The topological polar surface area (TPSA) is 26.3 Å². The van der Waals surface area contributed by atoms with Crippen LogP contribution in [0.4, 0.5) is 0 Å². The minimum absolute atomic E-state index is 0.158. The van der Waals surface area contributed by atoms with Crippen LogP contribution in [0, 0.1) is 0 Å². The van der Waals surface area contributed by atoms with E-state index in [0.717, 1.165) is 27.6 Å². The predicted molar refractivity (Wildman–Crippen MR) is 89.1 cm³/mol. The van der Waals surface area contributed by atoms with Crippen LogP contribution in [0.2, 0.25) is 0 Å². The van der Waals surface area contributed by atoms with Crippen molar-refractivity contribution in [1.29, 1.82) is 0 Å². The van der Waals surface area contributed by atoms with Gasteiger partial charge in [0.1, 0.15) is 18.1 Å². The fourth-order valence-corrected chi connectivity index (χ4v) is 2.60. The molecular formula is C20H18O2. The summed E-state index contributed by atoms with van der Waals surface area (Å²) in [7, 11) is 0. The lowest BCUT2D eigenvalue weighted by Gasteiger charge is -2.11. The molecule has 0 saturated heterocycles. The van der Waals surface area contributed by atoms with E-state index < -0.39 is 0 Å². The van der Waals surface area contributed by atoms with Gasteiger partial charge in [0.2, 0.25) is 0 Å². The van der Waals surface area contributed by atoms with Gasteiger partial charge in [-0.25, -0.2) is 0 Å². The first-order chi connectivity index (χ1) is 10.7. The second kappa shape index (κ2) is 6.44. The highest BCUT2D eigenvalue weighted by Crippen LogP contribution is 2.26. The lowest BCUT2D eigenvalue weighted by atomic mass is 10.0. The molecule has 2 nitrogen and oxygen atoms in total. The Balaban J connectivity index is 1.91. The molecule has 22 heavy (non-hydrogen) atoms. The number of ketones is 1. The van der Waals surface area contributed by atoms with Gasteiger partial charge in [0.25, 0.3) is 0 Å². The molecule has 110 valence electrons. The monoisotopic (exact) mass is 290 g/mol. The van der Waals surface area contributed by atoms with Gasteiger partial charge in [-0.1, -0.05) is 54.6 Å². The summed E-state index contributed by atoms with van der Waals surface area (Å²) >= 11 is 0. The molecule has 3 rings (SSSR count). The summed E-state index contributed by atoms with van der Waals surface area (Å²) in [4.78, 5) is 11.5. The quantitative estimate of drug-likeness (QED) is 0.689. The molecule has 0 aliphatic rings. The summed E-state index contributed by atoms with van der Waals surface area (Å²) in [5.74, 6) is 0.962. The summed E-state index contributed by atoms with van der Waals surface area (Å²) in [5, 5.41) is 2.22. The summed E-state index contributed by atoms with van der Waals surface area (Å²) in [6.45, 7) is 2.14. The standard InChI is InChI=1S/C20H18O2/c1-15(21)11-18-13-19(12-17-9-5-6-10-20(17)18)22-14-16-7-3-2-4-8-16/h2-10,12-13H,11,14H2,1H3. The molecule has 2 heteroatoms. The van der Waals surface area contributed by atoms with Gasteiger partial charge in [0.15, 0.2) is 0 Å². The second-order valence-electron chi connectivity index (χ2n) is 5.46. The van der Waals surface area contributed by atoms with Crippen LogP contribution in [0.25, 0.3) is 10.8 Å².